The van der Waals surface area contributed by atoms with E-state index in [0.717, 1.165) is 12.4 Å². The minimum Gasteiger partial charge on any atom is -0.489 e. The fourth-order valence-corrected chi connectivity index (χ4v) is 2.11. The van der Waals surface area contributed by atoms with Gasteiger partial charge in [0.25, 0.3) is 0 Å². The Morgan fingerprint density at radius 1 is 1.52 bits per heavy atom. The van der Waals surface area contributed by atoms with Crippen LogP contribution >= 0.6 is 0 Å². The van der Waals surface area contributed by atoms with Crippen molar-refractivity contribution in [1.29, 1.82) is 0 Å². The Kier molecular flexibility index (Phi) is 5.42. The van der Waals surface area contributed by atoms with Gasteiger partial charge in [0, 0.05) is 19.2 Å². The minimum atomic E-state index is -0.282. The Bertz CT molecular complexity index is 492. The molecule has 0 heterocycles. The van der Waals surface area contributed by atoms with Gasteiger partial charge in [0.15, 0.2) is 5.96 Å². The van der Waals surface area contributed by atoms with E-state index in [9.17, 15) is 4.39 Å². The molecule has 0 aromatic heterocycles. The standard InChI is InChI=1S/C16H24FN3O/c1-4-13(21-14-7-5-6-12(17)9-14)10-19-16(18-3)20-15-8-11(15)2/h5-7,9,11,13,15H,4,8,10H2,1-3H3,(H2,18,19,20). The third kappa shape index (κ3) is 4.92. The van der Waals surface area contributed by atoms with Crippen LogP contribution in [-0.2, 0) is 0 Å². The van der Waals surface area contributed by atoms with E-state index in [1.54, 1.807) is 19.2 Å². The highest BCUT2D eigenvalue weighted by atomic mass is 19.1. The van der Waals surface area contributed by atoms with Gasteiger partial charge in [-0.15, -0.1) is 0 Å². The van der Waals surface area contributed by atoms with Gasteiger partial charge in [-0.25, -0.2) is 4.39 Å². The molecular weight excluding hydrogens is 269 g/mol. The van der Waals surface area contributed by atoms with Crippen molar-refractivity contribution < 1.29 is 9.13 Å². The first-order chi connectivity index (χ1) is 10.1. The summed E-state index contributed by atoms with van der Waals surface area (Å²) in [6.07, 6.45) is 2.00. The summed E-state index contributed by atoms with van der Waals surface area (Å²) in [5, 5.41) is 6.63. The zero-order valence-corrected chi connectivity index (χ0v) is 12.9. The van der Waals surface area contributed by atoms with Gasteiger partial charge >= 0.3 is 0 Å². The summed E-state index contributed by atoms with van der Waals surface area (Å²) in [6, 6.07) is 6.76. The molecule has 1 saturated carbocycles. The highest BCUT2D eigenvalue weighted by Gasteiger charge is 2.33. The smallest absolute Gasteiger partial charge is 0.191 e. The molecule has 0 spiro atoms. The summed E-state index contributed by atoms with van der Waals surface area (Å²) < 4.78 is 18.9. The minimum absolute atomic E-state index is 0.0259. The molecule has 1 aliphatic rings. The number of hydrogen-bond acceptors (Lipinski definition) is 2. The summed E-state index contributed by atoms with van der Waals surface area (Å²) in [5.74, 6) is 1.79. The van der Waals surface area contributed by atoms with Crippen LogP contribution in [0.5, 0.6) is 5.75 Å². The summed E-state index contributed by atoms with van der Waals surface area (Å²) in [5.41, 5.74) is 0. The molecule has 0 amide bonds. The molecule has 0 radical (unpaired) electrons. The average molecular weight is 293 g/mol. The Balaban J connectivity index is 1.81. The third-order valence-corrected chi connectivity index (χ3v) is 3.71. The van der Waals surface area contributed by atoms with Crippen molar-refractivity contribution in [3.63, 3.8) is 0 Å². The van der Waals surface area contributed by atoms with Gasteiger partial charge in [0.1, 0.15) is 17.7 Å². The number of nitrogens with one attached hydrogen (secondary N) is 2. The van der Waals surface area contributed by atoms with Crippen molar-refractivity contribution >= 4 is 5.96 Å². The van der Waals surface area contributed by atoms with Gasteiger partial charge in [-0.2, -0.15) is 0 Å². The number of rotatable bonds is 6. The molecule has 1 fully saturated rings. The van der Waals surface area contributed by atoms with Crippen LogP contribution in [0.1, 0.15) is 26.7 Å². The molecule has 4 nitrogen and oxygen atoms in total. The van der Waals surface area contributed by atoms with E-state index in [1.807, 2.05) is 6.92 Å². The highest BCUT2D eigenvalue weighted by molar-refractivity contribution is 5.80. The lowest BCUT2D eigenvalue weighted by Gasteiger charge is -2.20. The van der Waals surface area contributed by atoms with Crippen LogP contribution in [0, 0.1) is 11.7 Å². The molecule has 1 aliphatic carbocycles. The lowest BCUT2D eigenvalue weighted by Crippen LogP contribution is -2.43. The van der Waals surface area contributed by atoms with Crippen molar-refractivity contribution in [3.8, 4) is 5.75 Å². The Morgan fingerprint density at radius 3 is 2.86 bits per heavy atom. The fraction of sp³-hybridized carbons (Fsp3) is 0.562. The molecular formula is C16H24FN3O. The van der Waals surface area contributed by atoms with Crippen LogP contribution in [0.25, 0.3) is 0 Å². The molecule has 1 aromatic rings. The van der Waals surface area contributed by atoms with Crippen molar-refractivity contribution in [2.45, 2.75) is 38.8 Å². The van der Waals surface area contributed by atoms with Crippen molar-refractivity contribution in [1.82, 2.24) is 10.6 Å². The lowest BCUT2D eigenvalue weighted by atomic mass is 10.2. The van der Waals surface area contributed by atoms with E-state index < -0.39 is 0 Å². The van der Waals surface area contributed by atoms with Gasteiger partial charge in [-0.1, -0.05) is 19.9 Å². The first-order valence-corrected chi connectivity index (χ1v) is 7.51. The lowest BCUT2D eigenvalue weighted by molar-refractivity contribution is 0.198. The molecule has 0 saturated heterocycles. The maximum absolute atomic E-state index is 13.2. The van der Waals surface area contributed by atoms with E-state index >= 15 is 0 Å². The van der Waals surface area contributed by atoms with Crippen LogP contribution in [0.15, 0.2) is 29.3 Å². The second-order valence-electron chi connectivity index (χ2n) is 5.52. The molecule has 0 aliphatic heterocycles. The van der Waals surface area contributed by atoms with Crippen LogP contribution in [0.4, 0.5) is 4.39 Å². The number of halogens is 1. The molecule has 116 valence electrons. The number of hydrogen-bond donors (Lipinski definition) is 2. The number of benzene rings is 1. The first-order valence-electron chi connectivity index (χ1n) is 7.51. The highest BCUT2D eigenvalue weighted by Crippen LogP contribution is 2.28. The first kappa shape index (κ1) is 15.6. The van der Waals surface area contributed by atoms with E-state index in [0.29, 0.717) is 24.3 Å². The SMILES string of the molecule is CCC(CNC(=NC)NC1CC1C)Oc1cccc(F)c1. The van der Waals surface area contributed by atoms with Gasteiger partial charge in [0.05, 0.1) is 6.54 Å². The molecule has 3 unspecified atom stereocenters. The van der Waals surface area contributed by atoms with Crippen molar-refractivity contribution in [3.05, 3.63) is 30.1 Å². The van der Waals surface area contributed by atoms with Crippen LogP contribution in [0.3, 0.4) is 0 Å². The molecule has 1 aromatic carbocycles. The van der Waals surface area contributed by atoms with E-state index in [2.05, 4.69) is 22.5 Å². The fourth-order valence-electron chi connectivity index (χ4n) is 2.11. The summed E-state index contributed by atoms with van der Waals surface area (Å²) in [6.45, 7) is 4.89. The number of nitrogens with zero attached hydrogens (tertiary/aromatic N) is 1. The predicted molar refractivity (Wildman–Crippen MR) is 83.2 cm³/mol. The van der Waals surface area contributed by atoms with E-state index in [4.69, 9.17) is 4.74 Å². The Hall–Kier alpha value is -1.78. The third-order valence-electron chi connectivity index (χ3n) is 3.71. The van der Waals surface area contributed by atoms with Gasteiger partial charge in [-0.3, -0.25) is 4.99 Å². The summed E-state index contributed by atoms with van der Waals surface area (Å²) in [4.78, 5) is 4.21. The second-order valence-corrected chi connectivity index (χ2v) is 5.52. The second kappa shape index (κ2) is 7.29. The summed E-state index contributed by atoms with van der Waals surface area (Å²) in [7, 11) is 1.76. The van der Waals surface area contributed by atoms with E-state index in [1.165, 1.54) is 18.6 Å². The normalized spacial score (nSPS) is 22.6. The largest absolute Gasteiger partial charge is 0.489 e. The monoisotopic (exact) mass is 293 g/mol. The van der Waals surface area contributed by atoms with Crippen LogP contribution in [-0.4, -0.2) is 31.7 Å². The zero-order chi connectivity index (χ0) is 15.2. The maximum Gasteiger partial charge on any atom is 0.191 e. The van der Waals surface area contributed by atoms with Crippen molar-refractivity contribution in [2.75, 3.05) is 13.6 Å². The van der Waals surface area contributed by atoms with Gasteiger partial charge < -0.3 is 15.4 Å². The molecule has 21 heavy (non-hydrogen) atoms. The quantitative estimate of drug-likeness (QED) is 0.626. The molecule has 5 heteroatoms. The summed E-state index contributed by atoms with van der Waals surface area (Å²) >= 11 is 0. The number of aliphatic imine (C=N–C) groups is 1. The van der Waals surface area contributed by atoms with E-state index in [-0.39, 0.29) is 11.9 Å². The van der Waals surface area contributed by atoms with Crippen LogP contribution in [0.2, 0.25) is 0 Å². The number of ether oxygens (including phenoxy) is 1. The molecule has 2 N–H and O–H groups in total. The Morgan fingerprint density at radius 2 is 2.29 bits per heavy atom. The van der Waals surface area contributed by atoms with Gasteiger partial charge in [0.2, 0.25) is 0 Å². The molecule has 0 bridgehead atoms. The number of guanidine groups is 1. The molecule has 2 rings (SSSR count). The van der Waals surface area contributed by atoms with Gasteiger partial charge in [-0.05, 0) is 30.9 Å². The molecule has 3 atom stereocenters. The predicted octanol–water partition coefficient (Wildman–Crippen LogP) is 2.56. The maximum atomic E-state index is 13.2. The zero-order valence-electron chi connectivity index (χ0n) is 12.9. The Labute approximate surface area is 125 Å². The topological polar surface area (TPSA) is 45.7 Å². The van der Waals surface area contributed by atoms with Crippen LogP contribution < -0.4 is 15.4 Å². The van der Waals surface area contributed by atoms with Crippen molar-refractivity contribution in [2.24, 2.45) is 10.9 Å². The average Bonchev–Trinajstić information content (AvgIpc) is 3.17.